The molecule has 0 saturated heterocycles. The topological polar surface area (TPSA) is 94.0 Å². The van der Waals surface area contributed by atoms with Crippen LogP contribution in [0.4, 0.5) is 0 Å². The highest BCUT2D eigenvalue weighted by atomic mass is 16.3. The van der Waals surface area contributed by atoms with E-state index < -0.39 is 0 Å². The molecule has 1 aliphatic rings. The zero-order valence-corrected chi connectivity index (χ0v) is 14.6. The van der Waals surface area contributed by atoms with Crippen LogP contribution in [0, 0.1) is 0 Å². The summed E-state index contributed by atoms with van der Waals surface area (Å²) in [6, 6.07) is 13.2. The molecule has 0 unspecified atom stereocenters. The van der Waals surface area contributed by atoms with E-state index in [9.17, 15) is 5.11 Å². The lowest BCUT2D eigenvalue weighted by atomic mass is 9.95. The first-order valence-corrected chi connectivity index (χ1v) is 8.91. The zero-order valence-electron chi connectivity index (χ0n) is 14.6. The van der Waals surface area contributed by atoms with Crippen molar-refractivity contribution in [2.75, 3.05) is 6.54 Å². The van der Waals surface area contributed by atoms with Gasteiger partial charge in [-0.05, 0) is 35.9 Å². The third kappa shape index (κ3) is 2.92. The van der Waals surface area contributed by atoms with Crippen molar-refractivity contribution in [1.29, 1.82) is 0 Å². The van der Waals surface area contributed by atoms with Crippen molar-refractivity contribution in [3.05, 3.63) is 77.7 Å². The molecule has 136 valence electrons. The van der Waals surface area contributed by atoms with Gasteiger partial charge in [-0.2, -0.15) is 5.10 Å². The standard InChI is InChI=1S/C20H19N5O2/c26-14-3-1-2-13(10-14)20-19-17(21-12-22-19)7-9-25(20)11-15-4-5-18(27-15)16-6-8-23-24-16/h1-6,8,10,12,20,26H,7,9,11H2,(H,21,22)(H,23,24)/t20-/m0/s1. The fraction of sp³-hybridized carbons (Fsp3) is 0.200. The quantitative estimate of drug-likeness (QED) is 0.519. The maximum absolute atomic E-state index is 9.95. The van der Waals surface area contributed by atoms with Crippen LogP contribution in [0.1, 0.15) is 28.8 Å². The number of benzene rings is 1. The van der Waals surface area contributed by atoms with Crippen LogP contribution >= 0.6 is 0 Å². The van der Waals surface area contributed by atoms with E-state index in [1.165, 1.54) is 0 Å². The van der Waals surface area contributed by atoms with Crippen LogP contribution in [0.25, 0.3) is 11.5 Å². The van der Waals surface area contributed by atoms with Gasteiger partial charge in [-0.3, -0.25) is 10.00 Å². The summed E-state index contributed by atoms with van der Waals surface area (Å²) in [7, 11) is 0. The molecule has 7 nitrogen and oxygen atoms in total. The van der Waals surface area contributed by atoms with Crippen LogP contribution < -0.4 is 0 Å². The molecule has 0 aliphatic carbocycles. The number of aromatic amines is 2. The van der Waals surface area contributed by atoms with Gasteiger partial charge in [0.25, 0.3) is 0 Å². The van der Waals surface area contributed by atoms with E-state index in [4.69, 9.17) is 4.42 Å². The number of hydrogen-bond acceptors (Lipinski definition) is 5. The normalized spacial score (nSPS) is 17.1. The van der Waals surface area contributed by atoms with Crippen LogP contribution in [0.3, 0.4) is 0 Å². The van der Waals surface area contributed by atoms with Crippen molar-refractivity contribution in [3.63, 3.8) is 0 Å². The number of furan rings is 1. The Kier molecular flexibility index (Phi) is 3.79. The molecule has 0 spiro atoms. The minimum Gasteiger partial charge on any atom is -0.508 e. The Balaban J connectivity index is 1.47. The molecule has 27 heavy (non-hydrogen) atoms. The number of H-pyrrole nitrogens is 2. The summed E-state index contributed by atoms with van der Waals surface area (Å²) >= 11 is 0. The minimum absolute atomic E-state index is 0.0344. The van der Waals surface area contributed by atoms with E-state index in [-0.39, 0.29) is 11.8 Å². The highest BCUT2D eigenvalue weighted by molar-refractivity contribution is 5.51. The molecular formula is C20H19N5O2. The Morgan fingerprint density at radius 1 is 1.22 bits per heavy atom. The highest BCUT2D eigenvalue weighted by Gasteiger charge is 2.31. The summed E-state index contributed by atoms with van der Waals surface area (Å²) < 4.78 is 6.02. The van der Waals surface area contributed by atoms with Gasteiger partial charge in [-0.25, -0.2) is 4.98 Å². The lowest BCUT2D eigenvalue weighted by molar-refractivity contribution is 0.185. The number of imidazole rings is 1. The van der Waals surface area contributed by atoms with Crippen molar-refractivity contribution in [2.24, 2.45) is 0 Å². The maximum Gasteiger partial charge on any atom is 0.152 e. The summed E-state index contributed by atoms with van der Waals surface area (Å²) in [5.74, 6) is 1.91. The van der Waals surface area contributed by atoms with E-state index in [1.807, 2.05) is 30.3 Å². The first kappa shape index (κ1) is 15.9. The molecule has 4 aromatic rings. The summed E-state index contributed by atoms with van der Waals surface area (Å²) in [5, 5.41) is 16.8. The molecule has 0 saturated carbocycles. The molecule has 0 fully saturated rings. The number of nitrogens with one attached hydrogen (secondary N) is 2. The lowest BCUT2D eigenvalue weighted by Crippen LogP contribution is -2.35. The Bertz CT molecular complexity index is 1050. The average Bonchev–Trinajstić information content (AvgIpc) is 3.42. The fourth-order valence-electron chi connectivity index (χ4n) is 3.76. The van der Waals surface area contributed by atoms with Crippen LogP contribution in [-0.2, 0) is 13.0 Å². The average molecular weight is 361 g/mol. The van der Waals surface area contributed by atoms with Gasteiger partial charge >= 0.3 is 0 Å². The molecule has 5 rings (SSSR count). The molecule has 1 atom stereocenters. The van der Waals surface area contributed by atoms with Crippen LogP contribution in [0.2, 0.25) is 0 Å². The molecule has 3 N–H and O–H groups in total. The van der Waals surface area contributed by atoms with Crippen LogP contribution in [0.5, 0.6) is 5.75 Å². The van der Waals surface area contributed by atoms with Gasteiger partial charge in [0.05, 0.1) is 24.6 Å². The van der Waals surface area contributed by atoms with E-state index in [1.54, 1.807) is 24.7 Å². The van der Waals surface area contributed by atoms with Crippen LogP contribution in [-0.4, -0.2) is 36.7 Å². The molecular weight excluding hydrogens is 342 g/mol. The van der Waals surface area contributed by atoms with Crippen molar-refractivity contribution < 1.29 is 9.52 Å². The number of hydrogen-bond donors (Lipinski definition) is 3. The summed E-state index contributed by atoms with van der Waals surface area (Å²) in [6.07, 6.45) is 4.35. The Morgan fingerprint density at radius 2 is 2.19 bits per heavy atom. The summed E-state index contributed by atoms with van der Waals surface area (Å²) in [6.45, 7) is 1.52. The van der Waals surface area contributed by atoms with E-state index in [2.05, 4.69) is 25.1 Å². The van der Waals surface area contributed by atoms with Gasteiger partial charge in [-0.1, -0.05) is 12.1 Å². The number of nitrogens with zero attached hydrogens (tertiary/aromatic N) is 3. The highest BCUT2D eigenvalue weighted by Crippen LogP contribution is 2.36. The van der Waals surface area contributed by atoms with Crippen molar-refractivity contribution in [2.45, 2.75) is 19.0 Å². The van der Waals surface area contributed by atoms with Gasteiger partial charge < -0.3 is 14.5 Å². The number of aromatic nitrogens is 4. The first-order valence-electron chi connectivity index (χ1n) is 8.91. The molecule has 7 heteroatoms. The molecule has 4 heterocycles. The molecule has 1 aromatic carbocycles. The maximum atomic E-state index is 9.95. The van der Waals surface area contributed by atoms with Gasteiger partial charge in [0, 0.05) is 24.9 Å². The SMILES string of the molecule is Oc1cccc([C@H]2c3nc[nH]c3CCN2Cc2ccc(-c3ccn[nH]3)o2)c1. The largest absolute Gasteiger partial charge is 0.508 e. The molecule has 0 amide bonds. The number of phenolic OH excluding ortho intramolecular Hbond substituents is 1. The second-order valence-electron chi connectivity index (χ2n) is 6.72. The van der Waals surface area contributed by atoms with Crippen molar-refractivity contribution in [3.8, 4) is 17.2 Å². The summed E-state index contributed by atoms with van der Waals surface area (Å²) in [5.41, 5.74) is 4.03. The minimum atomic E-state index is -0.0344. The summed E-state index contributed by atoms with van der Waals surface area (Å²) in [4.78, 5) is 10.1. The van der Waals surface area contributed by atoms with Gasteiger partial charge in [0.2, 0.25) is 0 Å². The smallest absolute Gasteiger partial charge is 0.152 e. The molecule has 0 bridgehead atoms. The van der Waals surface area contributed by atoms with Gasteiger partial charge in [0.15, 0.2) is 5.76 Å². The van der Waals surface area contributed by atoms with Crippen molar-refractivity contribution >= 4 is 0 Å². The first-order chi connectivity index (χ1) is 13.3. The van der Waals surface area contributed by atoms with Crippen LogP contribution in [0.15, 0.2) is 59.4 Å². The Hall–Kier alpha value is -3.32. The Labute approximate surface area is 155 Å². The molecule has 0 radical (unpaired) electrons. The van der Waals surface area contributed by atoms with E-state index in [0.29, 0.717) is 6.54 Å². The van der Waals surface area contributed by atoms with Gasteiger partial charge in [0.1, 0.15) is 17.2 Å². The lowest BCUT2D eigenvalue weighted by Gasteiger charge is -2.34. The Morgan fingerprint density at radius 3 is 3.04 bits per heavy atom. The fourth-order valence-corrected chi connectivity index (χ4v) is 3.76. The number of phenols is 1. The number of rotatable bonds is 4. The third-order valence-corrected chi connectivity index (χ3v) is 5.00. The second kappa shape index (κ2) is 6.44. The zero-order chi connectivity index (χ0) is 18.2. The molecule has 3 aromatic heterocycles. The predicted octanol–water partition coefficient (Wildman–Crippen LogP) is 3.25. The number of fused-ring (bicyclic) bond motifs is 1. The third-order valence-electron chi connectivity index (χ3n) is 5.00. The van der Waals surface area contributed by atoms with Gasteiger partial charge in [-0.15, -0.1) is 0 Å². The van der Waals surface area contributed by atoms with E-state index >= 15 is 0 Å². The monoisotopic (exact) mass is 361 g/mol. The van der Waals surface area contributed by atoms with Crippen molar-refractivity contribution in [1.82, 2.24) is 25.1 Å². The molecule has 1 aliphatic heterocycles. The predicted molar refractivity (Wildman–Crippen MR) is 98.9 cm³/mol. The number of aromatic hydroxyl groups is 1. The second-order valence-corrected chi connectivity index (χ2v) is 6.72. The van der Waals surface area contributed by atoms with E-state index in [0.717, 1.165) is 47.1 Å².